The molecule has 0 amide bonds. The first-order chi connectivity index (χ1) is 10.7. The largest absolute Gasteiger partial charge is 0.324 e. The highest BCUT2D eigenvalue weighted by molar-refractivity contribution is 7.89. The molecule has 1 fully saturated rings. The second-order valence-electron chi connectivity index (χ2n) is 5.53. The van der Waals surface area contributed by atoms with Crippen LogP contribution in [0.4, 0.5) is 0 Å². The monoisotopic (exact) mass is 319 g/mol. The second-order valence-corrected chi connectivity index (χ2v) is 7.47. The van der Waals surface area contributed by atoms with Crippen LogP contribution in [0.2, 0.25) is 0 Å². The molecule has 0 atom stereocenters. The molecule has 1 aliphatic rings. The van der Waals surface area contributed by atoms with Crippen LogP contribution in [-0.4, -0.2) is 38.9 Å². The van der Waals surface area contributed by atoms with Crippen LogP contribution in [-0.2, 0) is 16.6 Å². The standard InChI is InChI=1S/C16H19N3O2S/c20-22(21,16-7-2-1-3-8-16)19-12-10-18(11-13-19)14-15-6-4-5-9-17-15/h1-9H,10-14H2/p+2. The average Bonchev–Trinajstić information content (AvgIpc) is 2.57. The first-order valence-corrected chi connectivity index (χ1v) is 8.94. The number of hydrogen-bond donors (Lipinski definition) is 1. The van der Waals surface area contributed by atoms with Gasteiger partial charge < -0.3 is 4.90 Å². The third-order valence-electron chi connectivity index (χ3n) is 4.02. The Morgan fingerprint density at radius 1 is 1.00 bits per heavy atom. The summed E-state index contributed by atoms with van der Waals surface area (Å²) in [7, 11) is -3.35. The molecule has 0 bridgehead atoms. The summed E-state index contributed by atoms with van der Waals surface area (Å²) in [5.41, 5.74) is 1.18. The number of sulfonamides is 1. The summed E-state index contributed by atoms with van der Waals surface area (Å²) in [5, 5.41) is 0. The minimum atomic E-state index is -3.35. The van der Waals surface area contributed by atoms with E-state index in [4.69, 9.17) is 0 Å². The summed E-state index contributed by atoms with van der Waals surface area (Å²) < 4.78 is 26.7. The van der Waals surface area contributed by atoms with Crippen LogP contribution in [0.15, 0.2) is 59.6 Å². The van der Waals surface area contributed by atoms with Gasteiger partial charge in [-0.05, 0) is 18.2 Å². The van der Waals surface area contributed by atoms with Crippen molar-refractivity contribution < 1.29 is 18.3 Å². The summed E-state index contributed by atoms with van der Waals surface area (Å²) >= 11 is 0. The number of aromatic nitrogens is 1. The Balaban J connectivity index is 1.62. The molecule has 116 valence electrons. The van der Waals surface area contributed by atoms with Gasteiger partial charge in [0.05, 0.1) is 31.1 Å². The summed E-state index contributed by atoms with van der Waals surface area (Å²) in [6.07, 6.45) is 1.92. The SMILES string of the molecule is O=S(=O)(c1ccccc1)N1CC[NH+](Cc2cccc[nH+]2)CC1. The van der Waals surface area contributed by atoms with Gasteiger partial charge in [0.15, 0.2) is 12.7 Å². The van der Waals surface area contributed by atoms with Crippen LogP contribution in [0.25, 0.3) is 0 Å². The first-order valence-electron chi connectivity index (χ1n) is 7.50. The molecule has 1 aromatic carbocycles. The topological polar surface area (TPSA) is 56.0 Å². The van der Waals surface area contributed by atoms with Gasteiger partial charge in [-0.25, -0.2) is 13.4 Å². The van der Waals surface area contributed by atoms with Crippen molar-refractivity contribution in [3.63, 3.8) is 0 Å². The molecule has 1 aromatic heterocycles. The fraction of sp³-hybridized carbons (Fsp3) is 0.312. The van der Waals surface area contributed by atoms with E-state index in [-0.39, 0.29) is 0 Å². The lowest BCUT2D eigenvalue weighted by Crippen LogP contribution is -3.13. The Kier molecular flexibility index (Phi) is 4.52. The van der Waals surface area contributed by atoms with Gasteiger partial charge in [-0.2, -0.15) is 4.31 Å². The Labute approximate surface area is 131 Å². The van der Waals surface area contributed by atoms with E-state index in [0.29, 0.717) is 18.0 Å². The molecule has 0 unspecified atom stereocenters. The highest BCUT2D eigenvalue weighted by atomic mass is 32.2. The Bertz CT molecular complexity index is 697. The highest BCUT2D eigenvalue weighted by Gasteiger charge is 2.30. The maximum atomic E-state index is 12.6. The fourth-order valence-corrected chi connectivity index (χ4v) is 4.23. The van der Waals surface area contributed by atoms with Crippen molar-refractivity contribution in [2.75, 3.05) is 26.2 Å². The molecule has 0 radical (unpaired) electrons. The lowest BCUT2D eigenvalue weighted by Gasteiger charge is -2.30. The molecule has 2 aromatic rings. The van der Waals surface area contributed by atoms with Gasteiger partial charge in [0.25, 0.3) is 0 Å². The van der Waals surface area contributed by atoms with E-state index in [0.717, 1.165) is 19.6 Å². The molecule has 1 aliphatic heterocycles. The van der Waals surface area contributed by atoms with Crippen LogP contribution in [0.1, 0.15) is 5.69 Å². The molecule has 22 heavy (non-hydrogen) atoms. The Morgan fingerprint density at radius 2 is 1.68 bits per heavy atom. The molecule has 2 heterocycles. The van der Waals surface area contributed by atoms with Crippen molar-refractivity contribution in [2.45, 2.75) is 11.4 Å². The van der Waals surface area contributed by atoms with E-state index < -0.39 is 10.0 Å². The lowest BCUT2D eigenvalue weighted by atomic mass is 10.3. The quantitative estimate of drug-likeness (QED) is 0.833. The van der Waals surface area contributed by atoms with Crippen molar-refractivity contribution in [2.24, 2.45) is 0 Å². The summed E-state index contributed by atoms with van der Waals surface area (Å²) in [6.45, 7) is 3.70. The molecule has 0 spiro atoms. The first kappa shape index (κ1) is 15.1. The minimum absolute atomic E-state index is 0.384. The minimum Gasteiger partial charge on any atom is -0.324 e. The maximum Gasteiger partial charge on any atom is 0.243 e. The van der Waals surface area contributed by atoms with Gasteiger partial charge in [0.1, 0.15) is 0 Å². The highest BCUT2D eigenvalue weighted by Crippen LogP contribution is 2.14. The fourth-order valence-electron chi connectivity index (χ4n) is 2.77. The predicted molar refractivity (Wildman–Crippen MR) is 82.6 cm³/mol. The van der Waals surface area contributed by atoms with E-state index in [9.17, 15) is 8.42 Å². The van der Waals surface area contributed by atoms with Crippen molar-refractivity contribution in [1.82, 2.24) is 4.31 Å². The van der Waals surface area contributed by atoms with E-state index in [1.165, 1.54) is 10.6 Å². The van der Waals surface area contributed by atoms with Gasteiger partial charge in [-0.3, -0.25) is 0 Å². The number of pyridine rings is 1. The zero-order valence-corrected chi connectivity index (χ0v) is 13.2. The number of benzene rings is 1. The second kappa shape index (κ2) is 6.56. The molecule has 3 rings (SSSR count). The van der Waals surface area contributed by atoms with Crippen molar-refractivity contribution in [3.05, 3.63) is 60.4 Å². The van der Waals surface area contributed by atoms with Crippen molar-refractivity contribution in [1.29, 1.82) is 0 Å². The van der Waals surface area contributed by atoms with Crippen LogP contribution in [0.5, 0.6) is 0 Å². The van der Waals surface area contributed by atoms with Crippen LogP contribution < -0.4 is 9.88 Å². The van der Waals surface area contributed by atoms with Crippen molar-refractivity contribution in [3.8, 4) is 0 Å². The normalized spacial score (nSPS) is 17.5. The number of nitrogens with one attached hydrogen (secondary N) is 2. The third-order valence-corrected chi connectivity index (χ3v) is 5.94. The van der Waals surface area contributed by atoms with Crippen LogP contribution in [0, 0.1) is 0 Å². The molecule has 0 saturated carbocycles. The molecule has 6 heteroatoms. The van der Waals surface area contributed by atoms with Gasteiger partial charge in [-0.15, -0.1) is 0 Å². The van der Waals surface area contributed by atoms with Crippen LogP contribution in [0.3, 0.4) is 0 Å². The number of H-pyrrole nitrogens is 1. The van der Waals surface area contributed by atoms with Crippen LogP contribution >= 0.6 is 0 Å². The maximum absolute atomic E-state index is 12.6. The number of quaternary nitrogens is 1. The van der Waals surface area contributed by atoms with Gasteiger partial charge in [-0.1, -0.05) is 18.2 Å². The van der Waals surface area contributed by atoms with Gasteiger partial charge in [0, 0.05) is 12.1 Å². The van der Waals surface area contributed by atoms with E-state index in [1.54, 1.807) is 28.6 Å². The van der Waals surface area contributed by atoms with Gasteiger partial charge in [0.2, 0.25) is 15.7 Å². The number of piperazine rings is 1. The zero-order valence-electron chi connectivity index (χ0n) is 12.4. The zero-order chi connectivity index (χ0) is 15.4. The predicted octanol–water partition coefficient (Wildman–Crippen LogP) is -0.410. The molecule has 1 saturated heterocycles. The molecule has 2 N–H and O–H groups in total. The van der Waals surface area contributed by atoms with Crippen molar-refractivity contribution >= 4 is 10.0 Å². The van der Waals surface area contributed by atoms with E-state index in [1.807, 2.05) is 24.4 Å². The third kappa shape index (κ3) is 3.35. The summed E-state index contributed by atoms with van der Waals surface area (Å²) in [6, 6.07) is 14.7. The molecular weight excluding hydrogens is 298 g/mol. The number of hydrogen-bond acceptors (Lipinski definition) is 2. The number of nitrogens with zero attached hydrogens (tertiary/aromatic N) is 1. The lowest BCUT2D eigenvalue weighted by molar-refractivity contribution is -0.921. The Hall–Kier alpha value is -1.76. The average molecular weight is 319 g/mol. The Morgan fingerprint density at radius 3 is 2.32 bits per heavy atom. The number of rotatable bonds is 4. The number of aromatic amines is 1. The van der Waals surface area contributed by atoms with E-state index in [2.05, 4.69) is 11.1 Å². The smallest absolute Gasteiger partial charge is 0.243 e. The molecular formula is C16H21N3O2S+2. The van der Waals surface area contributed by atoms with Gasteiger partial charge >= 0.3 is 0 Å². The summed E-state index contributed by atoms with van der Waals surface area (Å²) in [4.78, 5) is 5.02. The molecule has 0 aliphatic carbocycles. The van der Waals surface area contributed by atoms with E-state index >= 15 is 0 Å². The summed E-state index contributed by atoms with van der Waals surface area (Å²) in [5.74, 6) is 0. The molecule has 5 nitrogen and oxygen atoms in total.